The topological polar surface area (TPSA) is 58.0 Å². The van der Waals surface area contributed by atoms with E-state index in [1.807, 2.05) is 0 Å². The third-order valence-electron chi connectivity index (χ3n) is 1.33. The summed E-state index contributed by atoms with van der Waals surface area (Å²) in [6.07, 6.45) is 0. The van der Waals surface area contributed by atoms with Crippen molar-refractivity contribution in [3.63, 3.8) is 0 Å². The molecule has 0 aliphatic heterocycles. The van der Waals surface area contributed by atoms with Gasteiger partial charge in [0, 0.05) is 11.9 Å². The molecule has 4 nitrogen and oxygen atoms in total. The Kier molecular flexibility index (Phi) is 3.64. The van der Waals surface area contributed by atoms with Crippen LogP contribution >= 0.6 is 11.5 Å². The van der Waals surface area contributed by atoms with E-state index in [4.69, 9.17) is 5.11 Å². The normalized spacial score (nSPS) is 11.9. The number of alkyl halides is 2. The van der Waals surface area contributed by atoms with Gasteiger partial charge in [0.15, 0.2) is 0 Å². The predicted molar refractivity (Wildman–Crippen MR) is 43.6 cm³/mol. The number of aliphatic hydroxyl groups excluding tert-OH is 1. The standard InChI is InChI=1S/C6H9F2N3OS/c7-6(8,4-12)3-9-1-5-2-13-11-10-5/h2,9,12H,1,3-4H2. The summed E-state index contributed by atoms with van der Waals surface area (Å²) in [6.45, 7) is -1.46. The van der Waals surface area contributed by atoms with Crippen LogP contribution in [0.2, 0.25) is 0 Å². The molecule has 1 heterocycles. The van der Waals surface area contributed by atoms with Gasteiger partial charge in [-0.05, 0) is 11.5 Å². The lowest BCUT2D eigenvalue weighted by atomic mass is 10.3. The lowest BCUT2D eigenvalue weighted by molar-refractivity contribution is -0.0478. The quantitative estimate of drug-likeness (QED) is 0.730. The van der Waals surface area contributed by atoms with Gasteiger partial charge in [0.2, 0.25) is 0 Å². The van der Waals surface area contributed by atoms with Gasteiger partial charge in [-0.1, -0.05) is 4.49 Å². The van der Waals surface area contributed by atoms with E-state index >= 15 is 0 Å². The van der Waals surface area contributed by atoms with Crippen molar-refractivity contribution in [2.75, 3.05) is 13.2 Å². The number of nitrogens with one attached hydrogen (secondary N) is 1. The smallest absolute Gasteiger partial charge is 0.282 e. The number of aliphatic hydroxyl groups is 1. The van der Waals surface area contributed by atoms with E-state index in [1.165, 1.54) is 11.5 Å². The first-order valence-electron chi connectivity index (χ1n) is 3.59. The number of aromatic nitrogens is 2. The maximum absolute atomic E-state index is 12.4. The van der Waals surface area contributed by atoms with E-state index in [2.05, 4.69) is 14.9 Å². The molecule has 0 unspecified atom stereocenters. The molecule has 0 bridgehead atoms. The summed E-state index contributed by atoms with van der Waals surface area (Å²) in [5.74, 6) is -3.07. The molecule has 0 saturated heterocycles. The largest absolute Gasteiger partial charge is 0.390 e. The Bertz CT molecular complexity index is 242. The average molecular weight is 209 g/mol. The Balaban J connectivity index is 2.21. The summed E-state index contributed by atoms with van der Waals surface area (Å²) in [7, 11) is 0. The molecule has 7 heteroatoms. The monoisotopic (exact) mass is 209 g/mol. The van der Waals surface area contributed by atoms with Crippen LogP contribution in [0.3, 0.4) is 0 Å². The van der Waals surface area contributed by atoms with Gasteiger partial charge in [-0.15, -0.1) is 5.10 Å². The first-order valence-corrected chi connectivity index (χ1v) is 4.43. The fraction of sp³-hybridized carbons (Fsp3) is 0.667. The average Bonchev–Trinajstić information content (AvgIpc) is 2.57. The van der Waals surface area contributed by atoms with Crippen LogP contribution in [0.1, 0.15) is 5.69 Å². The van der Waals surface area contributed by atoms with Crippen molar-refractivity contribution in [1.29, 1.82) is 0 Å². The van der Waals surface area contributed by atoms with Crippen LogP contribution in [-0.4, -0.2) is 33.8 Å². The van der Waals surface area contributed by atoms with Crippen LogP contribution in [0.5, 0.6) is 0 Å². The Morgan fingerprint density at radius 3 is 2.92 bits per heavy atom. The van der Waals surface area contributed by atoms with E-state index in [0.717, 1.165) is 0 Å². The predicted octanol–water partition coefficient (Wildman–Crippen LogP) is 0.255. The van der Waals surface area contributed by atoms with Crippen LogP contribution < -0.4 is 5.32 Å². The first kappa shape index (κ1) is 10.4. The SMILES string of the molecule is OCC(F)(F)CNCc1csnn1. The molecule has 74 valence electrons. The minimum atomic E-state index is -3.07. The summed E-state index contributed by atoms with van der Waals surface area (Å²) in [6, 6.07) is 0. The fourth-order valence-electron chi connectivity index (χ4n) is 0.690. The summed E-state index contributed by atoms with van der Waals surface area (Å²) in [4.78, 5) is 0. The van der Waals surface area contributed by atoms with E-state index in [-0.39, 0.29) is 6.54 Å². The molecular weight excluding hydrogens is 200 g/mol. The molecule has 0 atom stereocenters. The first-order chi connectivity index (χ1) is 6.14. The van der Waals surface area contributed by atoms with Gasteiger partial charge in [-0.2, -0.15) is 0 Å². The highest BCUT2D eigenvalue weighted by atomic mass is 32.1. The number of hydrogen-bond donors (Lipinski definition) is 2. The second kappa shape index (κ2) is 4.54. The van der Waals surface area contributed by atoms with Crippen LogP contribution in [0.4, 0.5) is 8.78 Å². The third-order valence-corrected chi connectivity index (χ3v) is 1.88. The molecule has 1 aromatic rings. The van der Waals surface area contributed by atoms with Gasteiger partial charge < -0.3 is 10.4 Å². The molecule has 1 rings (SSSR count). The van der Waals surface area contributed by atoms with Gasteiger partial charge >= 0.3 is 0 Å². The zero-order chi connectivity index (χ0) is 9.73. The lowest BCUT2D eigenvalue weighted by Crippen LogP contribution is -2.35. The number of halogens is 2. The molecule has 0 amide bonds. The highest BCUT2D eigenvalue weighted by Crippen LogP contribution is 2.09. The maximum Gasteiger partial charge on any atom is 0.282 e. The molecule has 0 fully saturated rings. The van der Waals surface area contributed by atoms with Crippen LogP contribution in [0, 0.1) is 0 Å². The van der Waals surface area contributed by atoms with Crippen molar-refractivity contribution in [2.24, 2.45) is 0 Å². The highest BCUT2D eigenvalue weighted by molar-refractivity contribution is 7.03. The molecule has 2 N–H and O–H groups in total. The van der Waals surface area contributed by atoms with Crippen LogP contribution in [-0.2, 0) is 6.54 Å². The van der Waals surface area contributed by atoms with Gasteiger partial charge in [0.25, 0.3) is 5.92 Å². The van der Waals surface area contributed by atoms with Gasteiger partial charge in [-0.3, -0.25) is 0 Å². The molecule has 0 radical (unpaired) electrons. The molecular formula is C6H9F2N3OS. The van der Waals surface area contributed by atoms with Gasteiger partial charge in [0.1, 0.15) is 6.61 Å². The second-order valence-electron chi connectivity index (χ2n) is 2.51. The van der Waals surface area contributed by atoms with E-state index in [0.29, 0.717) is 5.69 Å². The van der Waals surface area contributed by atoms with Crippen LogP contribution in [0.25, 0.3) is 0 Å². The molecule has 0 aliphatic carbocycles. The summed E-state index contributed by atoms with van der Waals surface area (Å²) >= 11 is 1.17. The highest BCUT2D eigenvalue weighted by Gasteiger charge is 2.26. The van der Waals surface area contributed by atoms with E-state index in [9.17, 15) is 8.78 Å². The summed E-state index contributed by atoms with van der Waals surface area (Å²) in [5, 5.41) is 16.0. The minimum Gasteiger partial charge on any atom is -0.390 e. The Labute approximate surface area is 77.8 Å². The van der Waals surface area contributed by atoms with Crippen molar-refractivity contribution in [3.05, 3.63) is 11.1 Å². The van der Waals surface area contributed by atoms with Crippen LogP contribution in [0.15, 0.2) is 5.38 Å². The zero-order valence-corrected chi connectivity index (χ0v) is 7.52. The molecule has 13 heavy (non-hydrogen) atoms. The molecule has 0 aromatic carbocycles. The Morgan fingerprint density at radius 1 is 1.62 bits per heavy atom. The van der Waals surface area contributed by atoms with Crippen molar-refractivity contribution in [2.45, 2.75) is 12.5 Å². The number of rotatable bonds is 5. The van der Waals surface area contributed by atoms with Gasteiger partial charge in [-0.25, -0.2) is 8.78 Å². The minimum absolute atomic E-state index is 0.242. The second-order valence-corrected chi connectivity index (χ2v) is 3.12. The number of nitrogens with zero attached hydrogens (tertiary/aromatic N) is 2. The Morgan fingerprint density at radius 2 is 2.38 bits per heavy atom. The Hall–Kier alpha value is -0.660. The lowest BCUT2D eigenvalue weighted by Gasteiger charge is -2.12. The third kappa shape index (κ3) is 3.71. The van der Waals surface area contributed by atoms with Crippen molar-refractivity contribution in [3.8, 4) is 0 Å². The van der Waals surface area contributed by atoms with Crippen molar-refractivity contribution < 1.29 is 13.9 Å². The van der Waals surface area contributed by atoms with Gasteiger partial charge in [0.05, 0.1) is 12.2 Å². The summed E-state index contributed by atoms with van der Waals surface area (Å²) in [5.41, 5.74) is 0.624. The molecule has 0 saturated carbocycles. The van der Waals surface area contributed by atoms with E-state index < -0.39 is 19.1 Å². The molecule has 1 aromatic heterocycles. The maximum atomic E-state index is 12.4. The molecule has 0 spiro atoms. The summed E-state index contributed by atoms with van der Waals surface area (Å²) < 4.78 is 28.4. The van der Waals surface area contributed by atoms with Crippen molar-refractivity contribution >= 4 is 11.5 Å². The van der Waals surface area contributed by atoms with E-state index in [1.54, 1.807) is 5.38 Å². The fourth-order valence-corrected chi connectivity index (χ4v) is 1.14. The van der Waals surface area contributed by atoms with Crippen molar-refractivity contribution in [1.82, 2.24) is 14.9 Å². The zero-order valence-electron chi connectivity index (χ0n) is 6.70. The molecule has 0 aliphatic rings. The number of hydrogen-bond acceptors (Lipinski definition) is 5.